The third kappa shape index (κ3) is 5.48. The van der Waals surface area contributed by atoms with Gasteiger partial charge >= 0.3 is 5.97 Å². The Bertz CT molecular complexity index is 1440. The van der Waals surface area contributed by atoms with Crippen LogP contribution in [0.3, 0.4) is 0 Å². The van der Waals surface area contributed by atoms with Gasteiger partial charge in [-0.3, -0.25) is 10.2 Å². The number of carbonyl (C=O) groups is 2. The van der Waals surface area contributed by atoms with Crippen molar-refractivity contribution in [2.45, 2.75) is 41.5 Å². The van der Waals surface area contributed by atoms with Crippen LogP contribution in [-0.2, 0) is 25.8 Å². The molecule has 9 nitrogen and oxygen atoms in total. The van der Waals surface area contributed by atoms with Gasteiger partial charge in [0.15, 0.2) is 0 Å². The van der Waals surface area contributed by atoms with Gasteiger partial charge in [-0.2, -0.15) is 0 Å². The average Bonchev–Trinajstić information content (AvgIpc) is 2.88. The van der Waals surface area contributed by atoms with Gasteiger partial charge in [-0.1, -0.05) is 54.6 Å². The second-order valence-corrected chi connectivity index (χ2v) is 11.2. The molecule has 0 aromatic heterocycles. The van der Waals surface area contributed by atoms with E-state index in [9.17, 15) is 23.1 Å². The minimum atomic E-state index is -4.49. The number of piperidine rings is 1. The average molecular weight is 637 g/mol. The zero-order chi connectivity index (χ0) is 26.1. The molecule has 6 N–H and O–H groups in total. The highest BCUT2D eigenvalue weighted by Gasteiger charge is 2.52. The molecule has 1 amide bonds. The van der Waals surface area contributed by atoms with E-state index in [1.54, 1.807) is 42.5 Å². The van der Waals surface area contributed by atoms with Crippen molar-refractivity contribution in [2.24, 2.45) is 11.5 Å². The maximum absolute atomic E-state index is 14.1. The topological polar surface area (TPSA) is 168 Å². The molecule has 1 fully saturated rings. The van der Waals surface area contributed by atoms with Gasteiger partial charge < -0.3 is 21.5 Å². The zero-order valence-corrected chi connectivity index (χ0v) is 23.1. The maximum atomic E-state index is 14.1. The van der Waals surface area contributed by atoms with E-state index in [0.717, 1.165) is 10.3 Å². The van der Waals surface area contributed by atoms with Gasteiger partial charge in [0.1, 0.15) is 11.9 Å². The fourth-order valence-electron chi connectivity index (χ4n) is 4.61. The molecule has 3 aromatic carbocycles. The van der Waals surface area contributed by atoms with Crippen molar-refractivity contribution < 1.29 is 23.1 Å². The third-order valence-corrected chi connectivity index (χ3v) is 8.81. The fraction of sp³-hybridized carbons (Fsp3) is 0.269. The summed E-state index contributed by atoms with van der Waals surface area (Å²) in [7, 11) is -4.49. The second-order valence-electron chi connectivity index (χ2n) is 9.04. The standard InChI is InChI=1S/C26H28N4O5S.HI/c27-23(28)19-10-8-17(9-11-19)16-26(29,25(33)30-14-4-3-7-22(30)24(31)32)36(34,35)21-13-12-18-5-1-2-6-20(18)15-21;/h1-2,5-6,8-13,15,22H,3-4,7,14,16,29H2,(H3,27,28)(H,31,32);1H/t22?,26-;/m1./s1. The summed E-state index contributed by atoms with van der Waals surface area (Å²) in [6.45, 7) is 0.102. The number of likely N-dealkylation sites (tertiary alicyclic amines) is 1. The van der Waals surface area contributed by atoms with E-state index in [1.165, 1.54) is 12.1 Å². The Morgan fingerprint density at radius 2 is 1.68 bits per heavy atom. The summed E-state index contributed by atoms with van der Waals surface area (Å²) in [4.78, 5) is 24.3. The number of nitrogen functional groups attached to an aromatic ring is 1. The number of hydrogen-bond donors (Lipinski definition) is 4. The van der Waals surface area contributed by atoms with Crippen LogP contribution in [0.25, 0.3) is 10.8 Å². The number of benzene rings is 3. The van der Waals surface area contributed by atoms with Crippen molar-refractivity contribution in [1.82, 2.24) is 4.90 Å². The van der Waals surface area contributed by atoms with Gasteiger partial charge in [-0.05, 0) is 47.7 Å². The number of fused-ring (bicyclic) bond motifs is 1. The highest BCUT2D eigenvalue weighted by Crippen LogP contribution is 2.32. The number of carbonyl (C=O) groups excluding carboxylic acids is 1. The number of nitrogens with two attached hydrogens (primary N) is 2. The predicted molar refractivity (Wildman–Crippen MR) is 152 cm³/mol. The first-order valence-corrected chi connectivity index (χ1v) is 13.0. The number of amidine groups is 1. The molecule has 0 aliphatic carbocycles. The molecular formula is C26H29IN4O5S. The van der Waals surface area contributed by atoms with Crippen LogP contribution in [0.1, 0.15) is 30.4 Å². The van der Waals surface area contributed by atoms with Gasteiger partial charge in [0, 0.05) is 18.5 Å². The van der Waals surface area contributed by atoms with Crippen molar-refractivity contribution in [3.63, 3.8) is 0 Å². The highest BCUT2D eigenvalue weighted by molar-refractivity contribution is 14.0. The lowest BCUT2D eigenvalue weighted by molar-refractivity contribution is -0.153. The number of carboxylic acids is 1. The van der Waals surface area contributed by atoms with Crippen LogP contribution in [0.4, 0.5) is 0 Å². The molecule has 0 spiro atoms. The van der Waals surface area contributed by atoms with Gasteiger partial charge in [-0.25, -0.2) is 13.2 Å². The molecule has 4 rings (SSSR count). The molecule has 1 aliphatic rings. The van der Waals surface area contributed by atoms with Crippen LogP contribution in [0.2, 0.25) is 0 Å². The van der Waals surface area contributed by atoms with E-state index in [1.807, 2.05) is 12.1 Å². The maximum Gasteiger partial charge on any atom is 0.326 e. The fourth-order valence-corrected chi connectivity index (χ4v) is 6.26. The van der Waals surface area contributed by atoms with Gasteiger partial charge in [-0.15, -0.1) is 24.0 Å². The van der Waals surface area contributed by atoms with Crippen LogP contribution in [-0.4, -0.2) is 53.6 Å². The largest absolute Gasteiger partial charge is 0.480 e. The van der Waals surface area contributed by atoms with Crippen LogP contribution in [0, 0.1) is 5.41 Å². The number of aliphatic carboxylic acids is 1. The zero-order valence-electron chi connectivity index (χ0n) is 20.0. The van der Waals surface area contributed by atoms with Crippen LogP contribution in [0.5, 0.6) is 0 Å². The third-order valence-electron chi connectivity index (χ3n) is 6.65. The molecule has 11 heteroatoms. The Morgan fingerprint density at radius 3 is 2.30 bits per heavy atom. The molecule has 1 heterocycles. The minimum Gasteiger partial charge on any atom is -0.480 e. The van der Waals surface area contributed by atoms with Gasteiger partial charge in [0.25, 0.3) is 5.91 Å². The minimum absolute atomic E-state index is 0. The Labute approximate surface area is 232 Å². The number of sulfone groups is 1. The molecule has 3 aromatic rings. The van der Waals surface area contributed by atoms with Crippen LogP contribution >= 0.6 is 24.0 Å². The Hall–Kier alpha value is -3.03. The van der Waals surface area contributed by atoms with Crippen molar-refractivity contribution in [3.8, 4) is 0 Å². The van der Waals surface area contributed by atoms with Crippen molar-refractivity contribution in [2.75, 3.05) is 6.54 Å². The predicted octanol–water partition coefficient (Wildman–Crippen LogP) is 2.88. The molecule has 0 radical (unpaired) electrons. The molecule has 196 valence electrons. The van der Waals surface area contributed by atoms with Gasteiger partial charge in [0.05, 0.1) is 4.90 Å². The molecule has 1 unspecified atom stereocenters. The summed E-state index contributed by atoms with van der Waals surface area (Å²) in [5, 5.41) is 18.8. The number of amides is 1. The number of nitrogens with one attached hydrogen (secondary N) is 1. The Balaban J connectivity index is 0.00000380. The number of halogens is 1. The van der Waals surface area contributed by atoms with E-state index >= 15 is 0 Å². The van der Waals surface area contributed by atoms with Crippen molar-refractivity contribution in [3.05, 3.63) is 77.9 Å². The molecule has 0 bridgehead atoms. The monoisotopic (exact) mass is 636 g/mol. The molecule has 37 heavy (non-hydrogen) atoms. The lowest BCUT2D eigenvalue weighted by Crippen LogP contribution is -2.64. The summed E-state index contributed by atoms with van der Waals surface area (Å²) >= 11 is 0. The van der Waals surface area contributed by atoms with Gasteiger partial charge in [0.2, 0.25) is 14.7 Å². The lowest BCUT2D eigenvalue weighted by atomic mass is 9.98. The molecule has 2 atom stereocenters. The molecule has 1 aliphatic heterocycles. The first kappa shape index (κ1) is 28.5. The summed E-state index contributed by atoms with van der Waals surface area (Å²) in [6, 6.07) is 16.8. The van der Waals surface area contributed by atoms with Crippen LogP contribution < -0.4 is 11.5 Å². The number of rotatable bonds is 7. The Kier molecular flexibility index (Phi) is 8.60. The number of nitrogens with zero attached hydrogens (tertiary/aromatic N) is 1. The van der Waals surface area contributed by atoms with E-state index in [0.29, 0.717) is 29.4 Å². The van der Waals surface area contributed by atoms with E-state index in [4.69, 9.17) is 16.9 Å². The summed E-state index contributed by atoms with van der Waals surface area (Å²) in [6.07, 6.45) is 1.000. The second kappa shape index (κ2) is 11.2. The normalized spacial score (nSPS) is 17.4. The number of hydrogen-bond acceptors (Lipinski definition) is 6. The quantitative estimate of drug-likeness (QED) is 0.176. The lowest BCUT2D eigenvalue weighted by Gasteiger charge is -2.39. The molecule has 0 saturated carbocycles. The summed E-state index contributed by atoms with van der Waals surface area (Å²) in [5.74, 6) is -2.30. The van der Waals surface area contributed by atoms with Crippen LogP contribution in [0.15, 0.2) is 71.6 Å². The Morgan fingerprint density at radius 1 is 1.03 bits per heavy atom. The van der Waals surface area contributed by atoms with E-state index < -0.39 is 32.6 Å². The van der Waals surface area contributed by atoms with E-state index in [2.05, 4.69) is 0 Å². The smallest absolute Gasteiger partial charge is 0.326 e. The summed E-state index contributed by atoms with van der Waals surface area (Å²) in [5.41, 5.74) is 13.0. The first-order valence-electron chi connectivity index (χ1n) is 11.5. The molecular weight excluding hydrogens is 607 g/mol. The first-order chi connectivity index (χ1) is 17.0. The molecule has 1 saturated heterocycles. The van der Waals surface area contributed by atoms with Crippen molar-refractivity contribution in [1.29, 1.82) is 5.41 Å². The summed E-state index contributed by atoms with van der Waals surface area (Å²) < 4.78 is 28.1. The SMILES string of the molecule is I.N=C(N)c1ccc(C[C@](N)(C(=O)N2CCCCC2C(=O)O)S(=O)(=O)c2ccc3ccccc3c2)cc1. The van der Waals surface area contributed by atoms with Crippen molar-refractivity contribution >= 4 is 62.3 Å². The van der Waals surface area contributed by atoms with E-state index in [-0.39, 0.29) is 54.1 Å². The number of carboxylic acid groups (broad SMARTS) is 1. The highest BCUT2D eigenvalue weighted by atomic mass is 127.